The molecule has 1 aromatic heterocycles. The number of hydrazine groups is 1. The van der Waals surface area contributed by atoms with Crippen LogP contribution in [0.25, 0.3) is 0 Å². The summed E-state index contributed by atoms with van der Waals surface area (Å²) in [5, 5.41) is 5.68. The number of rotatable bonds is 5. The Bertz CT molecular complexity index is 622. The predicted molar refractivity (Wildman–Crippen MR) is 90.6 cm³/mol. The van der Waals surface area contributed by atoms with Crippen molar-refractivity contribution in [2.45, 2.75) is 32.9 Å². The molecule has 3 N–H and O–H groups in total. The van der Waals surface area contributed by atoms with Crippen molar-refractivity contribution in [1.29, 1.82) is 0 Å². The summed E-state index contributed by atoms with van der Waals surface area (Å²) in [6, 6.07) is 5.34. The van der Waals surface area contributed by atoms with E-state index >= 15 is 0 Å². The molecule has 0 aliphatic carbocycles. The van der Waals surface area contributed by atoms with E-state index < -0.39 is 0 Å². The zero-order chi connectivity index (χ0) is 15.6. The maximum absolute atomic E-state index is 6.07. The lowest BCUT2D eigenvalue weighted by Gasteiger charge is -2.18. The average molecular weight is 392 g/mol. The van der Waals surface area contributed by atoms with Gasteiger partial charge in [-0.05, 0) is 53.5 Å². The number of halogens is 3. The lowest BCUT2D eigenvalue weighted by atomic mass is 10.0. The average Bonchev–Trinajstić information content (AvgIpc) is 2.70. The van der Waals surface area contributed by atoms with Crippen LogP contribution in [0.2, 0.25) is 10.0 Å². The number of aromatic nitrogens is 2. The molecule has 7 heteroatoms. The summed E-state index contributed by atoms with van der Waals surface area (Å²) >= 11 is 15.7. The molecule has 1 aromatic carbocycles. The van der Waals surface area contributed by atoms with E-state index in [2.05, 4.69) is 33.4 Å². The Balaban J connectivity index is 2.35. The van der Waals surface area contributed by atoms with Crippen molar-refractivity contribution in [2.75, 3.05) is 0 Å². The number of hydrogen-bond donors (Lipinski definition) is 2. The molecule has 4 nitrogen and oxygen atoms in total. The molecule has 0 aliphatic heterocycles. The van der Waals surface area contributed by atoms with Crippen LogP contribution in [0.4, 0.5) is 0 Å². The van der Waals surface area contributed by atoms with Crippen molar-refractivity contribution in [3.63, 3.8) is 0 Å². The fraction of sp³-hybridized carbons (Fsp3) is 0.357. The highest BCUT2D eigenvalue weighted by atomic mass is 79.9. The Morgan fingerprint density at radius 2 is 1.95 bits per heavy atom. The van der Waals surface area contributed by atoms with Gasteiger partial charge in [-0.2, -0.15) is 5.10 Å². The number of aryl methyl sites for hydroxylation is 2. The molecule has 1 unspecified atom stereocenters. The fourth-order valence-corrected chi connectivity index (χ4v) is 3.30. The van der Waals surface area contributed by atoms with Gasteiger partial charge in [-0.1, -0.05) is 23.2 Å². The van der Waals surface area contributed by atoms with Gasteiger partial charge in [-0.25, -0.2) is 0 Å². The predicted octanol–water partition coefficient (Wildman–Crippen LogP) is 4.03. The second-order valence-electron chi connectivity index (χ2n) is 4.79. The quantitative estimate of drug-likeness (QED) is 0.597. The van der Waals surface area contributed by atoms with Crippen LogP contribution in [0.15, 0.2) is 22.7 Å². The third-order valence-electron chi connectivity index (χ3n) is 3.34. The third kappa shape index (κ3) is 3.79. The minimum absolute atomic E-state index is 0.0982. The first-order chi connectivity index (χ1) is 9.96. The molecule has 0 bridgehead atoms. The third-order valence-corrected chi connectivity index (χ3v) is 4.81. The van der Waals surface area contributed by atoms with E-state index in [4.69, 9.17) is 29.0 Å². The highest BCUT2D eigenvalue weighted by Gasteiger charge is 2.19. The second-order valence-corrected chi connectivity index (χ2v) is 6.45. The van der Waals surface area contributed by atoms with Gasteiger partial charge >= 0.3 is 0 Å². The minimum Gasteiger partial charge on any atom is -0.271 e. The standard InChI is InChI=1S/C14H17BrCl2N4/c1-3-21-13(14(15)8(2)20-21)7-12(19-18)9-4-10(16)6-11(17)5-9/h4-6,12,19H,3,7,18H2,1-2H3. The van der Waals surface area contributed by atoms with Crippen LogP contribution in [0.5, 0.6) is 0 Å². The topological polar surface area (TPSA) is 55.9 Å². The van der Waals surface area contributed by atoms with E-state index in [1.54, 1.807) is 6.07 Å². The maximum Gasteiger partial charge on any atom is 0.0738 e. The molecule has 2 aromatic rings. The number of hydrogen-bond acceptors (Lipinski definition) is 3. The molecular weight excluding hydrogens is 375 g/mol. The zero-order valence-corrected chi connectivity index (χ0v) is 14.9. The van der Waals surface area contributed by atoms with E-state index in [0.717, 1.165) is 28.0 Å². The van der Waals surface area contributed by atoms with Gasteiger partial charge in [-0.15, -0.1) is 0 Å². The Labute approximate surface area is 142 Å². The van der Waals surface area contributed by atoms with Gasteiger partial charge in [0.25, 0.3) is 0 Å². The zero-order valence-electron chi connectivity index (χ0n) is 11.8. The summed E-state index contributed by atoms with van der Waals surface area (Å²) in [7, 11) is 0. The number of nitrogens with one attached hydrogen (secondary N) is 1. The molecule has 2 rings (SSSR count). The monoisotopic (exact) mass is 390 g/mol. The van der Waals surface area contributed by atoms with Crippen LogP contribution in [0.3, 0.4) is 0 Å². The van der Waals surface area contributed by atoms with Gasteiger partial charge in [0, 0.05) is 23.0 Å². The van der Waals surface area contributed by atoms with Crippen LogP contribution in [-0.4, -0.2) is 9.78 Å². The summed E-state index contributed by atoms with van der Waals surface area (Å²) in [6.07, 6.45) is 0.683. The smallest absolute Gasteiger partial charge is 0.0738 e. The first kappa shape index (κ1) is 16.8. The molecule has 0 radical (unpaired) electrons. The SMILES string of the molecule is CCn1nc(C)c(Br)c1CC(NN)c1cc(Cl)cc(Cl)c1. The van der Waals surface area contributed by atoms with Gasteiger partial charge < -0.3 is 0 Å². The van der Waals surface area contributed by atoms with Crippen molar-refractivity contribution < 1.29 is 0 Å². The van der Waals surface area contributed by atoms with E-state index in [0.29, 0.717) is 16.5 Å². The highest BCUT2D eigenvalue weighted by molar-refractivity contribution is 9.10. The number of benzene rings is 1. The molecule has 21 heavy (non-hydrogen) atoms. The lowest BCUT2D eigenvalue weighted by Crippen LogP contribution is -2.30. The van der Waals surface area contributed by atoms with E-state index in [1.165, 1.54) is 0 Å². The van der Waals surface area contributed by atoms with E-state index in [-0.39, 0.29) is 6.04 Å². The van der Waals surface area contributed by atoms with Crippen molar-refractivity contribution >= 4 is 39.1 Å². The van der Waals surface area contributed by atoms with E-state index in [9.17, 15) is 0 Å². The molecule has 0 aliphatic rings. The molecule has 0 amide bonds. The van der Waals surface area contributed by atoms with Crippen molar-refractivity contribution in [1.82, 2.24) is 15.2 Å². The van der Waals surface area contributed by atoms with Crippen LogP contribution >= 0.6 is 39.1 Å². The number of nitrogens with zero attached hydrogens (tertiary/aromatic N) is 2. The second kappa shape index (κ2) is 7.11. The normalized spacial score (nSPS) is 12.7. The van der Waals surface area contributed by atoms with Crippen LogP contribution in [-0.2, 0) is 13.0 Å². The molecule has 0 fully saturated rings. The van der Waals surface area contributed by atoms with Gasteiger partial charge in [0.15, 0.2) is 0 Å². The van der Waals surface area contributed by atoms with E-state index in [1.807, 2.05) is 23.7 Å². The molecule has 1 heterocycles. The first-order valence-electron chi connectivity index (χ1n) is 6.60. The Kier molecular flexibility index (Phi) is 5.68. The Hall–Kier alpha value is -0.590. The van der Waals surface area contributed by atoms with Gasteiger partial charge in [0.1, 0.15) is 0 Å². The molecule has 114 valence electrons. The molecule has 0 spiro atoms. The summed E-state index contributed by atoms with van der Waals surface area (Å²) in [5.74, 6) is 5.72. The highest BCUT2D eigenvalue weighted by Crippen LogP contribution is 2.29. The summed E-state index contributed by atoms with van der Waals surface area (Å²) in [5.41, 5.74) is 5.83. The van der Waals surface area contributed by atoms with Crippen LogP contribution in [0, 0.1) is 6.92 Å². The van der Waals surface area contributed by atoms with Gasteiger partial charge in [0.05, 0.1) is 21.9 Å². The largest absolute Gasteiger partial charge is 0.271 e. The van der Waals surface area contributed by atoms with Crippen molar-refractivity contribution in [3.05, 3.63) is 49.7 Å². The summed E-state index contributed by atoms with van der Waals surface area (Å²) < 4.78 is 2.98. The van der Waals surface area contributed by atoms with Crippen LogP contribution in [0.1, 0.15) is 29.9 Å². The summed E-state index contributed by atoms with van der Waals surface area (Å²) in [4.78, 5) is 0. The summed E-state index contributed by atoms with van der Waals surface area (Å²) in [6.45, 7) is 4.83. The fourth-order valence-electron chi connectivity index (χ4n) is 2.31. The van der Waals surface area contributed by atoms with Crippen molar-refractivity contribution in [3.8, 4) is 0 Å². The molecular formula is C14H17BrCl2N4. The number of nitrogens with two attached hydrogens (primary N) is 1. The van der Waals surface area contributed by atoms with Crippen LogP contribution < -0.4 is 11.3 Å². The lowest BCUT2D eigenvalue weighted by molar-refractivity contribution is 0.516. The molecule has 0 saturated heterocycles. The van der Waals surface area contributed by atoms with Gasteiger partial charge in [-0.3, -0.25) is 16.0 Å². The molecule has 0 saturated carbocycles. The Morgan fingerprint density at radius 1 is 1.33 bits per heavy atom. The Morgan fingerprint density at radius 3 is 2.48 bits per heavy atom. The van der Waals surface area contributed by atoms with Crippen molar-refractivity contribution in [2.24, 2.45) is 5.84 Å². The first-order valence-corrected chi connectivity index (χ1v) is 8.15. The minimum atomic E-state index is -0.0982. The van der Waals surface area contributed by atoms with Gasteiger partial charge in [0.2, 0.25) is 0 Å². The maximum atomic E-state index is 6.07. The molecule has 1 atom stereocenters.